The first-order valence-electron chi connectivity index (χ1n) is 4.98. The van der Waals surface area contributed by atoms with E-state index in [1.807, 2.05) is 4.90 Å². The second-order valence-corrected chi connectivity index (χ2v) is 3.98. The SMILES string of the molecule is FC(F)(F)CCCN1CCOC(CCl)C1. The Labute approximate surface area is 92.3 Å². The summed E-state index contributed by atoms with van der Waals surface area (Å²) < 4.78 is 41.0. The van der Waals surface area contributed by atoms with Crippen LogP contribution in [0.2, 0.25) is 0 Å². The minimum Gasteiger partial charge on any atom is -0.374 e. The van der Waals surface area contributed by atoms with E-state index in [1.165, 1.54) is 0 Å². The van der Waals surface area contributed by atoms with Gasteiger partial charge < -0.3 is 4.74 Å². The summed E-state index contributed by atoms with van der Waals surface area (Å²) in [6.45, 7) is 2.37. The fraction of sp³-hybridized carbons (Fsp3) is 1.00. The molecule has 90 valence electrons. The van der Waals surface area contributed by atoms with Gasteiger partial charge in [-0.25, -0.2) is 0 Å². The van der Waals surface area contributed by atoms with Crippen LogP contribution in [0.4, 0.5) is 13.2 Å². The number of hydrogen-bond donors (Lipinski definition) is 0. The summed E-state index contributed by atoms with van der Waals surface area (Å²) in [5, 5.41) is 0. The van der Waals surface area contributed by atoms with Gasteiger partial charge in [0.2, 0.25) is 0 Å². The molecule has 1 heterocycles. The molecular weight excluding hydrogens is 231 g/mol. The number of alkyl halides is 4. The summed E-state index contributed by atoms with van der Waals surface area (Å²) in [5.41, 5.74) is 0. The van der Waals surface area contributed by atoms with Gasteiger partial charge in [-0.05, 0) is 13.0 Å². The Morgan fingerprint density at radius 3 is 2.73 bits per heavy atom. The Morgan fingerprint density at radius 1 is 1.40 bits per heavy atom. The highest BCUT2D eigenvalue weighted by atomic mass is 35.5. The van der Waals surface area contributed by atoms with Gasteiger partial charge in [0, 0.05) is 25.4 Å². The van der Waals surface area contributed by atoms with E-state index in [0.717, 1.165) is 0 Å². The molecule has 15 heavy (non-hydrogen) atoms. The molecule has 1 atom stereocenters. The number of ether oxygens (including phenoxy) is 1. The predicted molar refractivity (Wildman–Crippen MR) is 52.2 cm³/mol. The molecule has 0 bridgehead atoms. The van der Waals surface area contributed by atoms with Gasteiger partial charge in [-0.2, -0.15) is 13.2 Å². The summed E-state index contributed by atoms with van der Waals surface area (Å²) in [5.74, 6) is 0.399. The lowest BCUT2D eigenvalue weighted by molar-refractivity contribution is -0.136. The zero-order valence-corrected chi connectivity index (χ0v) is 9.15. The highest BCUT2D eigenvalue weighted by Crippen LogP contribution is 2.21. The first-order chi connectivity index (χ1) is 7.01. The lowest BCUT2D eigenvalue weighted by atomic mass is 10.2. The van der Waals surface area contributed by atoms with E-state index in [4.69, 9.17) is 16.3 Å². The number of halogens is 4. The van der Waals surface area contributed by atoms with E-state index in [2.05, 4.69) is 0 Å². The molecule has 0 aromatic rings. The molecule has 1 fully saturated rings. The van der Waals surface area contributed by atoms with Crippen LogP contribution in [0.15, 0.2) is 0 Å². The maximum atomic E-state index is 11.9. The van der Waals surface area contributed by atoms with Crippen molar-refractivity contribution in [2.45, 2.75) is 25.1 Å². The summed E-state index contributed by atoms with van der Waals surface area (Å²) in [7, 11) is 0. The van der Waals surface area contributed by atoms with Crippen molar-refractivity contribution in [1.29, 1.82) is 0 Å². The maximum absolute atomic E-state index is 11.9. The van der Waals surface area contributed by atoms with Crippen LogP contribution in [0.1, 0.15) is 12.8 Å². The third-order valence-electron chi connectivity index (χ3n) is 2.33. The van der Waals surface area contributed by atoms with Crippen LogP contribution in [-0.4, -0.2) is 49.3 Å². The van der Waals surface area contributed by atoms with Crippen LogP contribution in [0, 0.1) is 0 Å². The molecule has 0 aromatic heterocycles. The highest BCUT2D eigenvalue weighted by molar-refractivity contribution is 6.18. The zero-order valence-electron chi connectivity index (χ0n) is 8.39. The minimum absolute atomic E-state index is 0.0358. The summed E-state index contributed by atoms with van der Waals surface area (Å²) in [6, 6.07) is 0. The van der Waals surface area contributed by atoms with Crippen LogP contribution in [0.3, 0.4) is 0 Å². The van der Waals surface area contributed by atoms with Crippen molar-refractivity contribution >= 4 is 11.6 Å². The van der Waals surface area contributed by atoms with Crippen LogP contribution in [0.25, 0.3) is 0 Å². The van der Waals surface area contributed by atoms with Crippen LogP contribution < -0.4 is 0 Å². The molecule has 2 nitrogen and oxygen atoms in total. The van der Waals surface area contributed by atoms with Crippen LogP contribution in [-0.2, 0) is 4.74 Å². The molecule has 1 rings (SSSR count). The van der Waals surface area contributed by atoms with Crippen molar-refractivity contribution in [2.24, 2.45) is 0 Å². The maximum Gasteiger partial charge on any atom is 0.389 e. The Kier molecular flexibility index (Phi) is 5.15. The van der Waals surface area contributed by atoms with E-state index in [-0.39, 0.29) is 12.5 Å². The van der Waals surface area contributed by atoms with Crippen molar-refractivity contribution in [3.8, 4) is 0 Å². The summed E-state index contributed by atoms with van der Waals surface area (Å²) in [6.07, 6.45) is -4.64. The van der Waals surface area contributed by atoms with Crippen LogP contribution >= 0.6 is 11.6 Å². The van der Waals surface area contributed by atoms with Crippen molar-refractivity contribution in [2.75, 3.05) is 32.1 Å². The quantitative estimate of drug-likeness (QED) is 0.705. The normalized spacial score (nSPS) is 24.4. The Bertz CT molecular complexity index is 189. The Morgan fingerprint density at radius 2 is 2.13 bits per heavy atom. The van der Waals surface area contributed by atoms with E-state index in [0.29, 0.717) is 32.1 Å². The van der Waals surface area contributed by atoms with Gasteiger partial charge >= 0.3 is 6.18 Å². The number of morpholine rings is 1. The standard InChI is InChI=1S/C9H15ClF3NO/c10-6-8-7-14(4-5-15-8)3-1-2-9(11,12)13/h8H,1-7H2. The number of nitrogens with zero attached hydrogens (tertiary/aromatic N) is 1. The van der Waals surface area contributed by atoms with Gasteiger partial charge in [0.1, 0.15) is 0 Å². The topological polar surface area (TPSA) is 12.5 Å². The number of hydrogen-bond acceptors (Lipinski definition) is 2. The third kappa shape index (κ3) is 5.58. The van der Waals surface area contributed by atoms with Gasteiger partial charge in [0.05, 0.1) is 12.7 Å². The minimum atomic E-state index is -4.04. The summed E-state index contributed by atoms with van der Waals surface area (Å²) in [4.78, 5) is 1.97. The Balaban J connectivity index is 2.15. The fourth-order valence-electron chi connectivity index (χ4n) is 1.58. The molecule has 1 aliphatic heterocycles. The molecule has 1 unspecified atom stereocenters. The molecule has 0 radical (unpaired) electrons. The smallest absolute Gasteiger partial charge is 0.374 e. The molecule has 0 aromatic carbocycles. The van der Waals surface area contributed by atoms with Gasteiger partial charge in [0.25, 0.3) is 0 Å². The molecule has 1 aliphatic rings. The average Bonchev–Trinajstić information content (AvgIpc) is 2.16. The fourth-order valence-corrected chi connectivity index (χ4v) is 1.77. The molecule has 0 amide bonds. The molecular formula is C9H15ClF3NO. The van der Waals surface area contributed by atoms with Crippen molar-refractivity contribution in [1.82, 2.24) is 4.90 Å². The first kappa shape index (κ1) is 13.1. The number of rotatable bonds is 4. The first-order valence-corrected chi connectivity index (χ1v) is 5.51. The van der Waals surface area contributed by atoms with Gasteiger partial charge in [-0.3, -0.25) is 4.90 Å². The molecule has 0 N–H and O–H groups in total. The van der Waals surface area contributed by atoms with E-state index < -0.39 is 12.6 Å². The molecule has 0 aliphatic carbocycles. The van der Waals surface area contributed by atoms with E-state index in [1.54, 1.807) is 0 Å². The second kappa shape index (κ2) is 5.92. The largest absolute Gasteiger partial charge is 0.389 e. The van der Waals surface area contributed by atoms with Crippen molar-refractivity contribution in [3.05, 3.63) is 0 Å². The highest BCUT2D eigenvalue weighted by Gasteiger charge is 2.27. The third-order valence-corrected chi connectivity index (χ3v) is 2.67. The van der Waals surface area contributed by atoms with E-state index in [9.17, 15) is 13.2 Å². The average molecular weight is 246 g/mol. The lowest BCUT2D eigenvalue weighted by Crippen LogP contribution is -2.43. The second-order valence-electron chi connectivity index (χ2n) is 3.67. The Hall–Kier alpha value is 0. The van der Waals surface area contributed by atoms with Crippen LogP contribution in [0.5, 0.6) is 0 Å². The van der Waals surface area contributed by atoms with Crippen molar-refractivity contribution in [3.63, 3.8) is 0 Å². The van der Waals surface area contributed by atoms with Crippen molar-refractivity contribution < 1.29 is 17.9 Å². The lowest BCUT2D eigenvalue weighted by Gasteiger charge is -2.31. The summed E-state index contributed by atoms with van der Waals surface area (Å²) >= 11 is 5.62. The van der Waals surface area contributed by atoms with Gasteiger partial charge in [0.15, 0.2) is 0 Å². The monoisotopic (exact) mass is 245 g/mol. The predicted octanol–water partition coefficient (Wildman–Crippen LogP) is 2.27. The van der Waals surface area contributed by atoms with Gasteiger partial charge in [-0.1, -0.05) is 0 Å². The van der Waals surface area contributed by atoms with E-state index >= 15 is 0 Å². The molecule has 6 heteroatoms. The molecule has 0 spiro atoms. The zero-order chi connectivity index (χ0) is 11.3. The molecule has 0 saturated carbocycles. The van der Waals surface area contributed by atoms with Gasteiger partial charge in [-0.15, -0.1) is 11.6 Å². The molecule has 1 saturated heterocycles.